The van der Waals surface area contributed by atoms with E-state index in [0.29, 0.717) is 64.4 Å². The Hall–Kier alpha value is -2.71. The Morgan fingerprint density at radius 2 is 1.74 bits per heavy atom. The molecule has 1 aromatic carbocycles. The average molecular weight is 593 g/mol. The van der Waals surface area contributed by atoms with Crippen LogP contribution in [0.15, 0.2) is 42.5 Å². The molecule has 3 saturated heterocycles. The van der Waals surface area contributed by atoms with Crippen LogP contribution in [0.2, 0.25) is 0 Å². The number of carbonyl (C=O) groups is 3. The topological polar surface area (TPSA) is 91.0 Å². The van der Waals surface area contributed by atoms with Gasteiger partial charge in [0.15, 0.2) is 0 Å². The maximum Gasteiger partial charge on any atom is 0.242 e. The van der Waals surface area contributed by atoms with Gasteiger partial charge in [0.05, 0.1) is 18.6 Å². The van der Waals surface area contributed by atoms with Gasteiger partial charge in [0, 0.05) is 31.7 Å². The number of fused-ring (bicyclic) bond motifs is 1. The molecule has 8 heteroatoms. The molecule has 43 heavy (non-hydrogen) atoms. The molecule has 2 N–H and O–H groups in total. The van der Waals surface area contributed by atoms with Crippen molar-refractivity contribution in [3.05, 3.63) is 48.0 Å². The second-order valence-electron chi connectivity index (χ2n) is 13.9. The van der Waals surface area contributed by atoms with Crippen molar-refractivity contribution < 1.29 is 19.1 Å². The zero-order valence-corrected chi connectivity index (χ0v) is 26.3. The predicted molar refractivity (Wildman–Crippen MR) is 168 cm³/mol. The van der Waals surface area contributed by atoms with Gasteiger partial charge in [0.25, 0.3) is 0 Å². The summed E-state index contributed by atoms with van der Waals surface area (Å²) in [7, 11) is 0. The molecule has 3 fully saturated rings. The van der Waals surface area contributed by atoms with E-state index in [1.807, 2.05) is 4.90 Å². The number of nitrogens with one attached hydrogen (secondary N) is 2. The summed E-state index contributed by atoms with van der Waals surface area (Å²) < 4.78 is 5.74. The number of ether oxygens (including phenoxy) is 1. The minimum Gasteiger partial charge on any atom is -0.381 e. The lowest BCUT2D eigenvalue weighted by atomic mass is 9.74. The highest BCUT2D eigenvalue weighted by atomic mass is 16.5. The largest absolute Gasteiger partial charge is 0.381 e. The Balaban J connectivity index is 1.17. The van der Waals surface area contributed by atoms with Gasteiger partial charge >= 0.3 is 0 Å². The van der Waals surface area contributed by atoms with Gasteiger partial charge in [0.2, 0.25) is 17.7 Å². The van der Waals surface area contributed by atoms with Crippen LogP contribution >= 0.6 is 0 Å². The summed E-state index contributed by atoms with van der Waals surface area (Å²) in [4.78, 5) is 44.9. The predicted octanol–water partition coefficient (Wildman–Crippen LogP) is 3.95. The fourth-order valence-corrected chi connectivity index (χ4v) is 7.38. The average Bonchev–Trinajstić information content (AvgIpc) is 3.00. The standard InChI is InChI=1S/C35H52N4O4/c1-26(2)22-31-33(41)36-30-13-21-43-25-29(30)10-6-7-14-35(34(42)37-31)15-19-38(20-16-35)24-32(40)39-17-11-28(12-18-39)23-27-8-4-3-5-9-27/h3-9,26,28-31H,10-25H2,1-2H3,(H,36,41)(H,37,42)/b7-6+/t29-,30+,31+/m1/s1. The van der Waals surface area contributed by atoms with Crippen molar-refractivity contribution in [2.24, 2.45) is 23.2 Å². The van der Waals surface area contributed by atoms with Crippen molar-refractivity contribution in [1.29, 1.82) is 0 Å². The first-order chi connectivity index (χ1) is 20.8. The summed E-state index contributed by atoms with van der Waals surface area (Å²) in [6.07, 6.45) is 11.8. The minimum atomic E-state index is -0.566. The number of hydrogen-bond donors (Lipinski definition) is 2. The van der Waals surface area contributed by atoms with E-state index in [1.54, 1.807) is 0 Å². The molecule has 0 aliphatic carbocycles. The van der Waals surface area contributed by atoms with Crippen molar-refractivity contribution in [3.63, 3.8) is 0 Å². The van der Waals surface area contributed by atoms with Gasteiger partial charge < -0.3 is 20.3 Å². The number of allylic oxidation sites excluding steroid dienone is 2. The molecule has 4 aliphatic heterocycles. The van der Waals surface area contributed by atoms with Gasteiger partial charge in [-0.3, -0.25) is 19.3 Å². The number of rotatable bonds is 6. The van der Waals surface area contributed by atoms with Crippen molar-refractivity contribution in [2.45, 2.75) is 83.7 Å². The molecule has 3 atom stereocenters. The Bertz CT molecular complexity index is 1110. The van der Waals surface area contributed by atoms with Gasteiger partial charge in [-0.25, -0.2) is 0 Å². The fourth-order valence-electron chi connectivity index (χ4n) is 7.38. The third-order valence-corrected chi connectivity index (χ3v) is 10.2. The molecule has 4 heterocycles. The Morgan fingerprint density at radius 1 is 1.00 bits per heavy atom. The molecule has 8 nitrogen and oxygen atoms in total. The summed E-state index contributed by atoms with van der Waals surface area (Å²) >= 11 is 0. The van der Waals surface area contributed by atoms with Crippen LogP contribution in [0.3, 0.4) is 0 Å². The number of carbonyl (C=O) groups excluding carboxylic acids is 3. The zero-order valence-electron chi connectivity index (χ0n) is 26.3. The van der Waals surface area contributed by atoms with E-state index in [4.69, 9.17) is 4.74 Å². The lowest BCUT2D eigenvalue weighted by molar-refractivity contribution is -0.139. The van der Waals surface area contributed by atoms with Gasteiger partial charge in [-0.2, -0.15) is 0 Å². The van der Waals surface area contributed by atoms with Crippen LogP contribution in [-0.4, -0.2) is 85.5 Å². The number of piperidine rings is 2. The van der Waals surface area contributed by atoms with Crippen LogP contribution in [0.5, 0.6) is 0 Å². The number of nitrogens with zero attached hydrogens (tertiary/aromatic N) is 2. The molecule has 5 rings (SSSR count). The van der Waals surface area contributed by atoms with Gasteiger partial charge in [-0.05, 0) is 88.3 Å². The highest BCUT2D eigenvalue weighted by Gasteiger charge is 2.43. The first-order valence-corrected chi connectivity index (χ1v) is 16.7. The van der Waals surface area contributed by atoms with Crippen LogP contribution in [-0.2, 0) is 25.5 Å². The lowest BCUT2D eigenvalue weighted by Crippen LogP contribution is -2.57. The third kappa shape index (κ3) is 8.48. The van der Waals surface area contributed by atoms with Crippen LogP contribution in [0, 0.1) is 23.2 Å². The fraction of sp³-hybridized carbons (Fsp3) is 0.686. The summed E-state index contributed by atoms with van der Waals surface area (Å²) in [5.74, 6) is 1.27. The van der Waals surface area contributed by atoms with E-state index in [0.717, 1.165) is 45.2 Å². The third-order valence-electron chi connectivity index (χ3n) is 10.2. The summed E-state index contributed by atoms with van der Waals surface area (Å²) in [6, 6.07) is 10.2. The molecule has 0 saturated carbocycles. The lowest BCUT2D eigenvalue weighted by Gasteiger charge is -2.42. The molecular formula is C35H52N4O4. The van der Waals surface area contributed by atoms with Gasteiger partial charge in [0.1, 0.15) is 6.04 Å². The zero-order chi connectivity index (χ0) is 30.2. The molecule has 0 unspecified atom stereocenters. The highest BCUT2D eigenvalue weighted by molar-refractivity contribution is 5.90. The van der Waals surface area contributed by atoms with Crippen molar-refractivity contribution in [2.75, 3.05) is 45.9 Å². The molecular weight excluding hydrogens is 540 g/mol. The van der Waals surface area contributed by atoms with E-state index < -0.39 is 11.5 Å². The summed E-state index contributed by atoms with van der Waals surface area (Å²) in [5.41, 5.74) is 0.812. The molecule has 1 spiro atoms. The second-order valence-corrected chi connectivity index (χ2v) is 13.9. The number of benzene rings is 1. The van der Waals surface area contributed by atoms with Crippen LogP contribution in [0.1, 0.15) is 70.8 Å². The molecule has 3 amide bonds. The highest BCUT2D eigenvalue weighted by Crippen LogP contribution is 2.37. The summed E-state index contributed by atoms with van der Waals surface area (Å²) in [6.45, 7) is 8.96. The molecule has 0 aromatic heterocycles. The molecule has 4 aliphatic rings. The molecule has 0 bridgehead atoms. The number of amides is 3. The summed E-state index contributed by atoms with van der Waals surface area (Å²) in [5, 5.41) is 6.45. The molecule has 1 aromatic rings. The maximum atomic E-state index is 13.9. The van der Waals surface area contributed by atoms with E-state index in [9.17, 15) is 14.4 Å². The number of hydrogen-bond acceptors (Lipinski definition) is 5. The number of likely N-dealkylation sites (tertiary alicyclic amines) is 2. The van der Waals surface area contributed by atoms with E-state index in [-0.39, 0.29) is 35.6 Å². The van der Waals surface area contributed by atoms with Gasteiger partial charge in [-0.1, -0.05) is 56.3 Å². The van der Waals surface area contributed by atoms with Crippen LogP contribution in [0.25, 0.3) is 0 Å². The van der Waals surface area contributed by atoms with Crippen molar-refractivity contribution >= 4 is 17.7 Å². The maximum absolute atomic E-state index is 13.9. The Labute approximate surface area is 258 Å². The van der Waals surface area contributed by atoms with E-state index >= 15 is 0 Å². The minimum absolute atomic E-state index is 0.0199. The molecule has 0 radical (unpaired) electrons. The quantitative estimate of drug-likeness (QED) is 0.489. The SMILES string of the molecule is CC(C)C[C@@H]1NC(=O)C2(C/C=C/C[C@@H]3COCC[C@@H]3NC1=O)CCN(CC(=O)N1CCC(Cc3ccccc3)CC1)CC2. The van der Waals surface area contributed by atoms with Crippen molar-refractivity contribution in [3.8, 4) is 0 Å². The normalized spacial score (nSPS) is 28.3. The van der Waals surface area contributed by atoms with E-state index in [1.165, 1.54) is 5.56 Å². The van der Waals surface area contributed by atoms with Crippen LogP contribution in [0.4, 0.5) is 0 Å². The van der Waals surface area contributed by atoms with Crippen LogP contribution < -0.4 is 10.6 Å². The Morgan fingerprint density at radius 3 is 2.47 bits per heavy atom. The monoisotopic (exact) mass is 592 g/mol. The molecule has 236 valence electrons. The smallest absolute Gasteiger partial charge is 0.242 e. The van der Waals surface area contributed by atoms with Gasteiger partial charge in [-0.15, -0.1) is 0 Å². The Kier molecular flexibility index (Phi) is 10.9. The van der Waals surface area contributed by atoms with Crippen molar-refractivity contribution in [1.82, 2.24) is 20.4 Å². The first-order valence-electron chi connectivity index (χ1n) is 16.7. The van der Waals surface area contributed by atoms with E-state index in [2.05, 4.69) is 71.9 Å². The second kappa shape index (κ2) is 14.8. The first kappa shape index (κ1) is 31.7.